The van der Waals surface area contributed by atoms with E-state index in [0.717, 1.165) is 17.6 Å². The van der Waals surface area contributed by atoms with Crippen LogP contribution < -0.4 is 4.74 Å². The van der Waals surface area contributed by atoms with Gasteiger partial charge in [-0.2, -0.15) is 0 Å². The summed E-state index contributed by atoms with van der Waals surface area (Å²) >= 11 is 0. The van der Waals surface area contributed by atoms with Gasteiger partial charge in [-0.3, -0.25) is 4.79 Å². The summed E-state index contributed by atoms with van der Waals surface area (Å²) < 4.78 is 21.0. The van der Waals surface area contributed by atoms with Crippen molar-refractivity contribution in [1.29, 1.82) is 0 Å². The van der Waals surface area contributed by atoms with Gasteiger partial charge in [-0.05, 0) is 32.6 Å². The number of methoxy groups -OCH3 is 1. The van der Waals surface area contributed by atoms with Crippen molar-refractivity contribution in [2.24, 2.45) is 0 Å². The monoisotopic (exact) mass is 308 g/mol. The summed E-state index contributed by atoms with van der Waals surface area (Å²) in [4.78, 5) is 13.2. The van der Waals surface area contributed by atoms with Crippen molar-refractivity contribution in [1.82, 2.24) is 9.47 Å². The molecule has 0 aliphatic carbocycles. The van der Waals surface area contributed by atoms with E-state index >= 15 is 0 Å². The molecule has 5 nitrogen and oxygen atoms in total. The molecule has 0 atom stereocenters. The van der Waals surface area contributed by atoms with Gasteiger partial charge in [-0.15, -0.1) is 0 Å². The van der Waals surface area contributed by atoms with Crippen LogP contribution >= 0.6 is 0 Å². The van der Waals surface area contributed by atoms with E-state index < -0.39 is 11.8 Å². The second-order valence-corrected chi connectivity index (χ2v) is 5.59. The standard InChI is InChI=1S/C16H21FN2O3/c1-10-11(8-16(20)21)12-7-15(22-4)13(17)9-14(12)19(10)6-5-18(2)3/h7,9H,5-6,8H2,1-4H3,(H,20,21). The molecule has 0 bridgehead atoms. The topological polar surface area (TPSA) is 54.7 Å². The van der Waals surface area contributed by atoms with Crippen LogP contribution in [0.2, 0.25) is 0 Å². The highest BCUT2D eigenvalue weighted by atomic mass is 19.1. The van der Waals surface area contributed by atoms with Gasteiger partial charge >= 0.3 is 5.97 Å². The third-order valence-electron chi connectivity index (χ3n) is 3.83. The van der Waals surface area contributed by atoms with E-state index in [2.05, 4.69) is 0 Å². The largest absolute Gasteiger partial charge is 0.494 e. The number of hydrogen-bond donors (Lipinski definition) is 1. The lowest BCUT2D eigenvalue weighted by molar-refractivity contribution is -0.136. The zero-order valence-corrected chi connectivity index (χ0v) is 13.3. The van der Waals surface area contributed by atoms with Crippen LogP contribution in [-0.4, -0.2) is 48.3 Å². The molecule has 1 aromatic carbocycles. The zero-order valence-electron chi connectivity index (χ0n) is 13.3. The number of ether oxygens (including phenoxy) is 1. The Bertz CT molecular complexity index is 707. The van der Waals surface area contributed by atoms with Crippen LogP contribution in [-0.2, 0) is 17.8 Å². The predicted octanol–water partition coefficient (Wildman–Crippen LogP) is 2.29. The van der Waals surface area contributed by atoms with Gasteiger partial charge in [0.25, 0.3) is 0 Å². The van der Waals surface area contributed by atoms with E-state index in [0.29, 0.717) is 17.6 Å². The second-order valence-electron chi connectivity index (χ2n) is 5.59. The maximum absolute atomic E-state index is 14.0. The fraction of sp³-hybridized carbons (Fsp3) is 0.438. The van der Waals surface area contributed by atoms with E-state index in [4.69, 9.17) is 9.84 Å². The van der Waals surface area contributed by atoms with Gasteiger partial charge in [0.15, 0.2) is 11.6 Å². The number of fused-ring (bicyclic) bond motifs is 1. The number of aromatic nitrogens is 1. The van der Waals surface area contributed by atoms with Gasteiger partial charge in [0.05, 0.1) is 19.0 Å². The number of halogens is 1. The van der Waals surface area contributed by atoms with Gasteiger partial charge in [-0.25, -0.2) is 4.39 Å². The first-order chi connectivity index (χ1) is 10.3. The van der Waals surface area contributed by atoms with E-state index in [1.165, 1.54) is 13.2 Å². The van der Waals surface area contributed by atoms with Crippen LogP contribution in [0.1, 0.15) is 11.3 Å². The summed E-state index contributed by atoms with van der Waals surface area (Å²) in [5, 5.41) is 9.87. The zero-order chi connectivity index (χ0) is 16.4. The highest BCUT2D eigenvalue weighted by molar-refractivity contribution is 5.90. The van der Waals surface area contributed by atoms with E-state index in [-0.39, 0.29) is 12.2 Å². The van der Waals surface area contributed by atoms with E-state index in [1.807, 2.05) is 30.5 Å². The molecule has 0 unspecified atom stereocenters. The molecule has 2 rings (SSSR count). The smallest absolute Gasteiger partial charge is 0.307 e. The molecule has 6 heteroatoms. The first kappa shape index (κ1) is 16.3. The Morgan fingerprint density at radius 3 is 2.64 bits per heavy atom. The average molecular weight is 308 g/mol. The molecule has 0 saturated heterocycles. The highest BCUT2D eigenvalue weighted by Gasteiger charge is 2.19. The lowest BCUT2D eigenvalue weighted by Gasteiger charge is -2.13. The van der Waals surface area contributed by atoms with Gasteiger partial charge < -0.3 is 19.3 Å². The number of benzene rings is 1. The quantitative estimate of drug-likeness (QED) is 0.889. The van der Waals surface area contributed by atoms with Crippen molar-refractivity contribution in [2.45, 2.75) is 19.9 Å². The third kappa shape index (κ3) is 3.06. The number of nitrogens with zero attached hydrogens (tertiary/aromatic N) is 2. The molecule has 2 aromatic rings. The minimum Gasteiger partial charge on any atom is -0.494 e. The van der Waals surface area contributed by atoms with Crippen LogP contribution in [0.5, 0.6) is 5.75 Å². The summed E-state index contributed by atoms with van der Waals surface area (Å²) in [6.07, 6.45) is -0.0912. The van der Waals surface area contributed by atoms with Crippen LogP contribution in [0.15, 0.2) is 12.1 Å². The molecule has 0 aliphatic heterocycles. The summed E-state index contributed by atoms with van der Waals surface area (Å²) in [6, 6.07) is 3.00. The van der Waals surface area contributed by atoms with Gasteiger partial charge in [0.1, 0.15) is 0 Å². The summed E-state index contributed by atoms with van der Waals surface area (Å²) in [6.45, 7) is 3.32. The lowest BCUT2D eigenvalue weighted by Crippen LogP contribution is -2.19. The second kappa shape index (κ2) is 6.36. The lowest BCUT2D eigenvalue weighted by atomic mass is 10.1. The van der Waals surface area contributed by atoms with Crippen molar-refractivity contribution < 1.29 is 19.0 Å². The van der Waals surface area contributed by atoms with Crippen LogP contribution in [0.4, 0.5) is 4.39 Å². The van der Waals surface area contributed by atoms with Crippen LogP contribution in [0.3, 0.4) is 0 Å². The molecule has 0 spiro atoms. The fourth-order valence-electron chi connectivity index (χ4n) is 2.67. The van der Waals surface area contributed by atoms with E-state index in [9.17, 15) is 9.18 Å². The van der Waals surface area contributed by atoms with Gasteiger partial charge in [0, 0.05) is 30.2 Å². The molecule has 22 heavy (non-hydrogen) atoms. The number of likely N-dealkylation sites (N-methyl/N-ethyl adjacent to an activating group) is 1. The molecule has 0 saturated carbocycles. The molecular weight excluding hydrogens is 287 g/mol. The molecule has 0 fully saturated rings. The SMILES string of the molecule is COc1cc2c(CC(=O)O)c(C)n(CCN(C)C)c2cc1F. The van der Waals surface area contributed by atoms with Crippen molar-refractivity contribution >= 4 is 16.9 Å². The molecule has 0 radical (unpaired) electrons. The Balaban J connectivity index is 2.64. The Hall–Kier alpha value is -2.08. The number of carboxylic acid groups (broad SMARTS) is 1. The van der Waals surface area contributed by atoms with Gasteiger partial charge in [-0.1, -0.05) is 0 Å². The Morgan fingerprint density at radius 1 is 1.41 bits per heavy atom. The summed E-state index contributed by atoms with van der Waals surface area (Å²) in [5.74, 6) is -1.22. The first-order valence-electron chi connectivity index (χ1n) is 7.06. The molecule has 1 N–H and O–H groups in total. The molecule has 120 valence electrons. The Morgan fingerprint density at radius 2 is 2.09 bits per heavy atom. The number of carbonyl (C=O) groups is 1. The van der Waals surface area contributed by atoms with Crippen molar-refractivity contribution in [3.05, 3.63) is 29.2 Å². The molecule has 0 aliphatic rings. The molecule has 1 heterocycles. The maximum atomic E-state index is 14.0. The van der Waals surface area contributed by atoms with Crippen LogP contribution in [0.25, 0.3) is 10.9 Å². The summed E-state index contributed by atoms with van der Waals surface area (Å²) in [7, 11) is 5.32. The van der Waals surface area contributed by atoms with E-state index in [1.54, 1.807) is 6.07 Å². The normalized spacial score (nSPS) is 11.4. The number of hydrogen-bond acceptors (Lipinski definition) is 3. The highest BCUT2D eigenvalue weighted by Crippen LogP contribution is 2.31. The van der Waals surface area contributed by atoms with Crippen molar-refractivity contribution in [2.75, 3.05) is 27.7 Å². The number of carboxylic acids is 1. The molecular formula is C16H21FN2O3. The number of aliphatic carboxylic acids is 1. The first-order valence-corrected chi connectivity index (χ1v) is 7.06. The molecule has 1 aromatic heterocycles. The predicted molar refractivity (Wildman–Crippen MR) is 83.1 cm³/mol. The average Bonchev–Trinajstić information content (AvgIpc) is 2.67. The Labute approximate surface area is 128 Å². The van der Waals surface area contributed by atoms with Crippen LogP contribution in [0, 0.1) is 12.7 Å². The number of rotatable bonds is 6. The minimum absolute atomic E-state index is 0.0912. The summed E-state index contributed by atoms with van der Waals surface area (Å²) in [5.41, 5.74) is 2.26. The maximum Gasteiger partial charge on any atom is 0.307 e. The van der Waals surface area contributed by atoms with Gasteiger partial charge in [0.2, 0.25) is 0 Å². The Kier molecular flexibility index (Phi) is 4.71. The fourth-order valence-corrected chi connectivity index (χ4v) is 2.67. The third-order valence-corrected chi connectivity index (χ3v) is 3.83. The van der Waals surface area contributed by atoms with Crippen molar-refractivity contribution in [3.63, 3.8) is 0 Å². The minimum atomic E-state index is -0.905. The molecule has 0 amide bonds. The van der Waals surface area contributed by atoms with Crippen molar-refractivity contribution in [3.8, 4) is 5.75 Å².